The van der Waals surface area contributed by atoms with Crippen molar-refractivity contribution in [3.05, 3.63) is 18.5 Å². The van der Waals surface area contributed by atoms with Gasteiger partial charge in [-0.3, -0.25) is 4.90 Å². The average Bonchev–Trinajstić information content (AvgIpc) is 3.18. The molecule has 3 fully saturated rings. The van der Waals surface area contributed by atoms with Crippen molar-refractivity contribution in [3.8, 4) is 6.01 Å². The Labute approximate surface area is 132 Å². The standard InChI is InChI=1S/C17H26N4O/c1-6-18-17(19-7-1)22-16-4-8-20(9-5-16)10-11-21-13-14-2-3-15(21)12-14/h1,6-7,14-16H,2-5,8-13H2/t14-,15+/m1/s1. The Hall–Kier alpha value is -1.20. The largest absolute Gasteiger partial charge is 0.460 e. The van der Waals surface area contributed by atoms with Gasteiger partial charge in [0.1, 0.15) is 6.10 Å². The first-order valence-electron chi connectivity index (χ1n) is 8.77. The Kier molecular flexibility index (Phi) is 4.26. The van der Waals surface area contributed by atoms with Gasteiger partial charge in [0.05, 0.1) is 0 Å². The van der Waals surface area contributed by atoms with Gasteiger partial charge in [-0.1, -0.05) is 0 Å². The van der Waals surface area contributed by atoms with Crippen LogP contribution < -0.4 is 4.74 Å². The fourth-order valence-corrected chi connectivity index (χ4v) is 4.32. The minimum Gasteiger partial charge on any atom is -0.460 e. The summed E-state index contributed by atoms with van der Waals surface area (Å²) >= 11 is 0. The van der Waals surface area contributed by atoms with E-state index < -0.39 is 0 Å². The summed E-state index contributed by atoms with van der Waals surface area (Å²) in [4.78, 5) is 13.6. The lowest BCUT2D eigenvalue weighted by Crippen LogP contribution is -2.43. The molecule has 3 aliphatic rings. The zero-order chi connectivity index (χ0) is 14.8. The molecule has 0 radical (unpaired) electrons. The number of ether oxygens (including phenoxy) is 1. The molecule has 0 unspecified atom stereocenters. The molecule has 0 spiro atoms. The Bertz CT molecular complexity index is 475. The number of likely N-dealkylation sites (tertiary alicyclic amines) is 2. The smallest absolute Gasteiger partial charge is 0.316 e. The minimum absolute atomic E-state index is 0.279. The maximum Gasteiger partial charge on any atom is 0.316 e. The van der Waals surface area contributed by atoms with E-state index in [4.69, 9.17) is 4.74 Å². The van der Waals surface area contributed by atoms with Gasteiger partial charge in [0.2, 0.25) is 0 Å². The molecule has 2 saturated heterocycles. The summed E-state index contributed by atoms with van der Waals surface area (Å²) in [5.41, 5.74) is 0. The number of fused-ring (bicyclic) bond motifs is 2. The molecule has 2 aliphatic heterocycles. The van der Waals surface area contributed by atoms with Crippen molar-refractivity contribution in [2.75, 3.05) is 32.7 Å². The SMILES string of the molecule is c1cnc(OC2CCN(CCN3C[C@@H]4CC[C@H]3C4)CC2)nc1. The maximum atomic E-state index is 5.86. The fourth-order valence-electron chi connectivity index (χ4n) is 4.32. The third kappa shape index (κ3) is 3.25. The summed E-state index contributed by atoms with van der Waals surface area (Å²) in [6, 6.07) is 3.25. The molecule has 1 aromatic rings. The Morgan fingerprint density at radius 1 is 1.05 bits per heavy atom. The van der Waals surface area contributed by atoms with Crippen molar-refractivity contribution >= 4 is 0 Å². The molecule has 2 atom stereocenters. The molecule has 4 rings (SSSR count). The predicted octanol–water partition coefficient (Wildman–Crippen LogP) is 1.80. The second-order valence-electron chi connectivity index (χ2n) is 7.02. The van der Waals surface area contributed by atoms with Crippen LogP contribution in [0.15, 0.2) is 18.5 Å². The lowest BCUT2D eigenvalue weighted by Gasteiger charge is -2.34. The van der Waals surface area contributed by atoms with Crippen LogP contribution in [0.4, 0.5) is 0 Å². The zero-order valence-electron chi connectivity index (χ0n) is 13.2. The van der Waals surface area contributed by atoms with E-state index >= 15 is 0 Å². The molecule has 5 heteroatoms. The van der Waals surface area contributed by atoms with E-state index in [0.717, 1.165) is 37.9 Å². The van der Waals surface area contributed by atoms with Crippen LogP contribution in [0.1, 0.15) is 32.1 Å². The molecule has 0 aromatic carbocycles. The van der Waals surface area contributed by atoms with Gasteiger partial charge in [-0.05, 0) is 44.1 Å². The monoisotopic (exact) mass is 302 g/mol. The first-order chi connectivity index (χ1) is 10.9. The second-order valence-corrected chi connectivity index (χ2v) is 7.02. The van der Waals surface area contributed by atoms with Crippen molar-refractivity contribution in [2.45, 2.75) is 44.2 Å². The Morgan fingerprint density at radius 2 is 1.86 bits per heavy atom. The summed E-state index contributed by atoms with van der Waals surface area (Å²) in [5, 5.41) is 0. The first-order valence-corrected chi connectivity index (χ1v) is 8.77. The number of nitrogens with zero attached hydrogens (tertiary/aromatic N) is 4. The van der Waals surface area contributed by atoms with E-state index in [2.05, 4.69) is 19.8 Å². The van der Waals surface area contributed by atoms with Crippen molar-refractivity contribution < 1.29 is 4.74 Å². The van der Waals surface area contributed by atoms with Crippen LogP contribution >= 0.6 is 0 Å². The highest BCUT2D eigenvalue weighted by Crippen LogP contribution is 2.37. The van der Waals surface area contributed by atoms with Gasteiger partial charge in [0, 0.05) is 51.2 Å². The molecule has 0 amide bonds. The highest BCUT2D eigenvalue weighted by Gasteiger charge is 2.37. The Morgan fingerprint density at radius 3 is 2.55 bits per heavy atom. The molecule has 0 N–H and O–H groups in total. The quantitative estimate of drug-likeness (QED) is 0.830. The van der Waals surface area contributed by atoms with Gasteiger partial charge in [0.25, 0.3) is 0 Å². The van der Waals surface area contributed by atoms with Crippen LogP contribution in [-0.2, 0) is 0 Å². The van der Waals surface area contributed by atoms with E-state index in [1.165, 1.54) is 38.9 Å². The molecule has 1 aliphatic carbocycles. The third-order valence-corrected chi connectivity index (χ3v) is 5.57. The van der Waals surface area contributed by atoms with Gasteiger partial charge >= 0.3 is 6.01 Å². The number of piperidine rings is 2. The van der Waals surface area contributed by atoms with Gasteiger partial charge in [-0.2, -0.15) is 0 Å². The van der Waals surface area contributed by atoms with E-state index in [-0.39, 0.29) is 6.10 Å². The third-order valence-electron chi connectivity index (χ3n) is 5.57. The van der Waals surface area contributed by atoms with Crippen molar-refractivity contribution in [3.63, 3.8) is 0 Å². The van der Waals surface area contributed by atoms with E-state index in [9.17, 15) is 0 Å². The van der Waals surface area contributed by atoms with Gasteiger partial charge in [-0.15, -0.1) is 0 Å². The predicted molar refractivity (Wildman–Crippen MR) is 84.8 cm³/mol. The summed E-state index contributed by atoms with van der Waals surface area (Å²) in [7, 11) is 0. The van der Waals surface area contributed by atoms with Gasteiger partial charge in [-0.25, -0.2) is 9.97 Å². The van der Waals surface area contributed by atoms with Crippen LogP contribution in [0.2, 0.25) is 0 Å². The molecule has 5 nitrogen and oxygen atoms in total. The molecule has 2 bridgehead atoms. The molecule has 1 saturated carbocycles. The molecule has 1 aromatic heterocycles. The number of hydrogen-bond donors (Lipinski definition) is 0. The Balaban J connectivity index is 1.18. The zero-order valence-corrected chi connectivity index (χ0v) is 13.2. The number of hydrogen-bond acceptors (Lipinski definition) is 5. The van der Waals surface area contributed by atoms with E-state index in [1.54, 1.807) is 12.4 Å². The van der Waals surface area contributed by atoms with E-state index in [0.29, 0.717) is 6.01 Å². The normalized spacial score (nSPS) is 30.0. The van der Waals surface area contributed by atoms with Crippen LogP contribution in [0, 0.1) is 5.92 Å². The highest BCUT2D eigenvalue weighted by atomic mass is 16.5. The number of aromatic nitrogens is 2. The van der Waals surface area contributed by atoms with Crippen LogP contribution in [0.5, 0.6) is 6.01 Å². The summed E-state index contributed by atoms with van der Waals surface area (Å²) < 4.78 is 5.86. The molecular weight excluding hydrogens is 276 g/mol. The lowest BCUT2D eigenvalue weighted by atomic mass is 10.1. The fraction of sp³-hybridized carbons (Fsp3) is 0.765. The molecule has 22 heavy (non-hydrogen) atoms. The summed E-state index contributed by atoms with van der Waals surface area (Å²) in [6.45, 7) is 6.11. The topological polar surface area (TPSA) is 41.5 Å². The second kappa shape index (κ2) is 6.50. The lowest BCUT2D eigenvalue weighted by molar-refractivity contribution is 0.0827. The summed E-state index contributed by atoms with van der Waals surface area (Å²) in [5.74, 6) is 1.01. The average molecular weight is 302 g/mol. The maximum absolute atomic E-state index is 5.86. The van der Waals surface area contributed by atoms with Gasteiger partial charge < -0.3 is 9.64 Å². The minimum atomic E-state index is 0.279. The van der Waals surface area contributed by atoms with Crippen molar-refractivity contribution in [1.29, 1.82) is 0 Å². The van der Waals surface area contributed by atoms with Crippen LogP contribution in [0.25, 0.3) is 0 Å². The van der Waals surface area contributed by atoms with Gasteiger partial charge in [0.15, 0.2) is 0 Å². The highest BCUT2D eigenvalue weighted by molar-refractivity contribution is 4.95. The summed E-state index contributed by atoms with van der Waals surface area (Å²) in [6.07, 6.45) is 10.3. The van der Waals surface area contributed by atoms with Crippen LogP contribution in [0.3, 0.4) is 0 Å². The molecule has 120 valence electrons. The first kappa shape index (κ1) is 14.4. The molecule has 3 heterocycles. The molecular formula is C17H26N4O. The van der Waals surface area contributed by atoms with E-state index in [1.807, 2.05) is 6.07 Å². The van der Waals surface area contributed by atoms with Crippen molar-refractivity contribution in [1.82, 2.24) is 19.8 Å². The number of rotatable bonds is 5. The van der Waals surface area contributed by atoms with Crippen LogP contribution in [-0.4, -0.2) is 64.6 Å². The van der Waals surface area contributed by atoms with Crippen molar-refractivity contribution in [2.24, 2.45) is 5.92 Å².